The van der Waals surface area contributed by atoms with Crippen molar-refractivity contribution < 1.29 is 12.8 Å². The summed E-state index contributed by atoms with van der Waals surface area (Å²) >= 11 is 0. The van der Waals surface area contributed by atoms with Crippen LogP contribution in [0.4, 0.5) is 0 Å². The number of rotatable bonds is 5. The maximum absolute atomic E-state index is 12.7. The molecule has 1 fully saturated rings. The lowest BCUT2D eigenvalue weighted by atomic mass is 9.84. The number of benzene rings is 1. The fourth-order valence-corrected chi connectivity index (χ4v) is 4.75. The molecule has 1 atom stereocenters. The fraction of sp³-hybridized carbons (Fsp3) is 0.562. The molecule has 7 nitrogen and oxygen atoms in total. The molecule has 25 heavy (non-hydrogen) atoms. The van der Waals surface area contributed by atoms with Crippen LogP contribution < -0.4 is 16.2 Å². The van der Waals surface area contributed by atoms with Crippen molar-refractivity contribution in [1.29, 1.82) is 0 Å². The zero-order valence-electron chi connectivity index (χ0n) is 14.1. The Kier molecular flexibility index (Phi) is 6.31. The highest BCUT2D eigenvalue weighted by Crippen LogP contribution is 2.27. The normalized spacial score (nSPS) is 17.4. The Bertz CT molecular complexity index is 884. The average molecular weight is 390 g/mol. The van der Waals surface area contributed by atoms with Crippen molar-refractivity contribution in [2.75, 3.05) is 6.54 Å². The van der Waals surface area contributed by atoms with Crippen LogP contribution in [0, 0.1) is 5.92 Å². The number of halogens is 1. The third kappa shape index (κ3) is 4.08. The highest BCUT2D eigenvalue weighted by molar-refractivity contribution is 7.89. The van der Waals surface area contributed by atoms with E-state index < -0.39 is 15.8 Å². The molecule has 2 aromatic rings. The van der Waals surface area contributed by atoms with Crippen molar-refractivity contribution in [3.05, 3.63) is 28.7 Å². The molecule has 0 amide bonds. The van der Waals surface area contributed by atoms with Crippen LogP contribution in [0.5, 0.6) is 0 Å². The third-order valence-electron chi connectivity index (χ3n) is 4.85. The average Bonchev–Trinajstić information content (AvgIpc) is 2.87. The Labute approximate surface area is 153 Å². The van der Waals surface area contributed by atoms with E-state index in [-0.39, 0.29) is 41.4 Å². The standard InChI is InChI=1S/C16H23N3O4S.ClH/c1-19-14-8-7-12(9-15(14)23-16(19)20)24(21,22)18-13(10-17)11-5-3-2-4-6-11;/h7-9,11,13,18H,2-6,10,17H2,1H3;1H. The number of hydrogen-bond donors (Lipinski definition) is 2. The molecular formula is C16H24ClN3O4S. The van der Waals surface area contributed by atoms with Gasteiger partial charge in [0.15, 0.2) is 5.58 Å². The minimum absolute atomic E-state index is 0. The first-order valence-electron chi connectivity index (χ1n) is 8.24. The van der Waals surface area contributed by atoms with Crippen LogP contribution in [-0.4, -0.2) is 25.6 Å². The second-order valence-electron chi connectivity index (χ2n) is 6.42. The first-order valence-corrected chi connectivity index (χ1v) is 9.72. The topological polar surface area (TPSA) is 107 Å². The van der Waals surface area contributed by atoms with Gasteiger partial charge in [0.2, 0.25) is 10.0 Å². The van der Waals surface area contributed by atoms with Crippen LogP contribution in [-0.2, 0) is 17.1 Å². The van der Waals surface area contributed by atoms with E-state index in [2.05, 4.69) is 4.72 Å². The van der Waals surface area contributed by atoms with Crippen molar-refractivity contribution in [2.45, 2.75) is 43.0 Å². The zero-order valence-corrected chi connectivity index (χ0v) is 15.7. The molecule has 0 radical (unpaired) electrons. The Morgan fingerprint density at radius 3 is 2.64 bits per heavy atom. The van der Waals surface area contributed by atoms with Gasteiger partial charge in [-0.15, -0.1) is 12.4 Å². The van der Waals surface area contributed by atoms with Gasteiger partial charge in [-0.1, -0.05) is 19.3 Å². The summed E-state index contributed by atoms with van der Waals surface area (Å²) in [4.78, 5) is 11.6. The molecule has 1 unspecified atom stereocenters. The summed E-state index contributed by atoms with van der Waals surface area (Å²) in [7, 11) is -2.14. The molecule has 1 aromatic carbocycles. The first-order chi connectivity index (χ1) is 11.4. The van der Waals surface area contributed by atoms with Gasteiger partial charge in [0.25, 0.3) is 0 Å². The SMILES string of the molecule is Cl.Cn1c(=O)oc2cc(S(=O)(=O)NC(CN)C3CCCCC3)ccc21. The van der Waals surface area contributed by atoms with E-state index in [9.17, 15) is 13.2 Å². The largest absolute Gasteiger partial charge is 0.419 e. The lowest BCUT2D eigenvalue weighted by molar-refractivity contribution is 0.294. The number of nitrogens with one attached hydrogen (secondary N) is 1. The van der Waals surface area contributed by atoms with Gasteiger partial charge in [-0.25, -0.2) is 17.9 Å². The van der Waals surface area contributed by atoms with Gasteiger partial charge in [-0.3, -0.25) is 4.57 Å². The summed E-state index contributed by atoms with van der Waals surface area (Å²) in [6.45, 7) is 0.270. The van der Waals surface area contributed by atoms with Gasteiger partial charge in [-0.2, -0.15) is 0 Å². The molecule has 0 spiro atoms. The second-order valence-corrected chi connectivity index (χ2v) is 8.13. The molecule has 1 aromatic heterocycles. The summed E-state index contributed by atoms with van der Waals surface area (Å²) in [5.74, 6) is -0.244. The van der Waals surface area contributed by atoms with E-state index in [4.69, 9.17) is 10.2 Å². The van der Waals surface area contributed by atoms with E-state index in [0.717, 1.165) is 25.7 Å². The Balaban J connectivity index is 0.00000225. The smallest absolute Gasteiger partial charge is 0.408 e. The molecule has 1 heterocycles. The molecule has 0 saturated heterocycles. The van der Waals surface area contributed by atoms with Gasteiger partial charge >= 0.3 is 5.76 Å². The predicted octanol–water partition coefficient (Wildman–Crippen LogP) is 1.74. The van der Waals surface area contributed by atoms with Gasteiger partial charge in [0, 0.05) is 25.7 Å². The third-order valence-corrected chi connectivity index (χ3v) is 6.34. The number of aryl methyl sites for hydroxylation is 1. The number of nitrogens with two attached hydrogens (primary N) is 1. The molecule has 1 aliphatic rings. The van der Waals surface area contributed by atoms with E-state index in [1.165, 1.54) is 23.1 Å². The molecule has 0 aliphatic heterocycles. The van der Waals surface area contributed by atoms with Gasteiger partial charge in [0.05, 0.1) is 10.4 Å². The lowest BCUT2D eigenvalue weighted by Gasteiger charge is -2.29. The lowest BCUT2D eigenvalue weighted by Crippen LogP contribution is -2.45. The number of aromatic nitrogens is 1. The van der Waals surface area contributed by atoms with Crippen molar-refractivity contribution in [2.24, 2.45) is 18.7 Å². The van der Waals surface area contributed by atoms with Gasteiger partial charge < -0.3 is 10.2 Å². The Morgan fingerprint density at radius 1 is 1.32 bits per heavy atom. The number of oxazole rings is 1. The molecular weight excluding hydrogens is 366 g/mol. The highest BCUT2D eigenvalue weighted by Gasteiger charge is 2.27. The minimum Gasteiger partial charge on any atom is -0.408 e. The number of hydrogen-bond acceptors (Lipinski definition) is 5. The Morgan fingerprint density at radius 2 is 2.00 bits per heavy atom. The molecule has 1 aliphatic carbocycles. The number of fused-ring (bicyclic) bond motifs is 1. The monoisotopic (exact) mass is 389 g/mol. The maximum Gasteiger partial charge on any atom is 0.419 e. The summed E-state index contributed by atoms with van der Waals surface area (Å²) in [6.07, 6.45) is 5.42. The molecule has 9 heteroatoms. The summed E-state index contributed by atoms with van der Waals surface area (Å²) < 4.78 is 34.5. The summed E-state index contributed by atoms with van der Waals surface area (Å²) in [6, 6.07) is 4.17. The van der Waals surface area contributed by atoms with Crippen LogP contribution >= 0.6 is 12.4 Å². The van der Waals surface area contributed by atoms with Crippen molar-refractivity contribution in [3.63, 3.8) is 0 Å². The van der Waals surface area contributed by atoms with E-state index in [0.29, 0.717) is 5.52 Å². The minimum atomic E-state index is -3.72. The van der Waals surface area contributed by atoms with Crippen molar-refractivity contribution in [3.8, 4) is 0 Å². The molecule has 3 rings (SSSR count). The van der Waals surface area contributed by atoms with Crippen LogP contribution in [0.1, 0.15) is 32.1 Å². The Hall–Kier alpha value is -1.35. The molecule has 0 bridgehead atoms. The fourth-order valence-electron chi connectivity index (χ4n) is 3.42. The quantitative estimate of drug-likeness (QED) is 0.809. The van der Waals surface area contributed by atoms with Gasteiger partial charge in [0.1, 0.15) is 0 Å². The van der Waals surface area contributed by atoms with Crippen LogP contribution in [0.2, 0.25) is 0 Å². The van der Waals surface area contributed by atoms with E-state index in [1.54, 1.807) is 13.1 Å². The van der Waals surface area contributed by atoms with Crippen LogP contribution in [0.15, 0.2) is 32.3 Å². The zero-order chi connectivity index (χ0) is 17.3. The summed E-state index contributed by atoms with van der Waals surface area (Å²) in [5, 5.41) is 0. The van der Waals surface area contributed by atoms with Crippen LogP contribution in [0.25, 0.3) is 11.1 Å². The maximum atomic E-state index is 12.7. The van der Waals surface area contributed by atoms with Gasteiger partial charge in [-0.05, 0) is 30.9 Å². The first kappa shape index (κ1) is 20.0. The number of sulfonamides is 1. The van der Waals surface area contributed by atoms with Crippen LogP contribution in [0.3, 0.4) is 0 Å². The van der Waals surface area contributed by atoms with E-state index in [1.807, 2.05) is 0 Å². The summed E-state index contributed by atoms with van der Waals surface area (Å²) in [5.41, 5.74) is 6.63. The molecule has 1 saturated carbocycles. The van der Waals surface area contributed by atoms with E-state index >= 15 is 0 Å². The molecule has 140 valence electrons. The van der Waals surface area contributed by atoms with Crippen molar-refractivity contribution >= 4 is 33.5 Å². The predicted molar refractivity (Wildman–Crippen MR) is 98.4 cm³/mol. The number of nitrogens with zero attached hydrogens (tertiary/aromatic N) is 1. The van der Waals surface area contributed by atoms with Crippen molar-refractivity contribution in [1.82, 2.24) is 9.29 Å². The second kappa shape index (κ2) is 7.90. The highest BCUT2D eigenvalue weighted by atomic mass is 35.5. The molecule has 3 N–H and O–H groups in total.